The first kappa shape index (κ1) is 24.0. The highest BCUT2D eigenvalue weighted by molar-refractivity contribution is 6.09. The average molecular weight is 433 g/mol. The first-order chi connectivity index (χ1) is 14.3. The summed E-state index contributed by atoms with van der Waals surface area (Å²) < 4.78 is 38.9. The van der Waals surface area contributed by atoms with Crippen molar-refractivity contribution in [3.05, 3.63) is 65.4 Å². The van der Waals surface area contributed by atoms with Gasteiger partial charge in [0.2, 0.25) is 5.91 Å². The second kappa shape index (κ2) is 9.24. The Kier molecular flexibility index (Phi) is 7.15. The molecule has 0 aliphatic rings. The largest absolute Gasteiger partial charge is 0.416 e. The van der Waals surface area contributed by atoms with Crippen LogP contribution in [-0.4, -0.2) is 25.9 Å². The van der Waals surface area contributed by atoms with Crippen molar-refractivity contribution in [3.8, 4) is 0 Å². The Labute approximate surface area is 179 Å². The molecule has 0 unspecified atom stereocenters. The van der Waals surface area contributed by atoms with Crippen molar-refractivity contribution in [2.75, 3.05) is 24.3 Å². The maximum absolute atomic E-state index is 13.0. The fraction of sp³-hybridized carbons (Fsp3) is 0.304. The van der Waals surface area contributed by atoms with Crippen LogP contribution in [0.3, 0.4) is 0 Å². The van der Waals surface area contributed by atoms with Gasteiger partial charge in [-0.15, -0.1) is 0 Å². The zero-order chi connectivity index (χ0) is 23.4. The number of rotatable bonds is 5. The van der Waals surface area contributed by atoms with E-state index in [1.165, 1.54) is 18.2 Å². The summed E-state index contributed by atoms with van der Waals surface area (Å²) in [4.78, 5) is 27.2. The summed E-state index contributed by atoms with van der Waals surface area (Å²) in [6.07, 6.45) is -3.06. The van der Waals surface area contributed by atoms with Gasteiger partial charge in [-0.25, -0.2) is 0 Å². The topological polar surface area (TPSA) is 61.4 Å². The number of alkyl halides is 3. The number of carbonyl (C=O) groups excluding carboxylic acids is 2. The highest BCUT2D eigenvalue weighted by Gasteiger charge is 2.30. The highest BCUT2D eigenvalue weighted by Crippen LogP contribution is 2.30. The average Bonchev–Trinajstić information content (AvgIpc) is 2.66. The Balaban J connectivity index is 2.35. The summed E-state index contributed by atoms with van der Waals surface area (Å²) in [7, 11) is 3.78. The Morgan fingerprint density at radius 3 is 2.10 bits per heavy atom. The van der Waals surface area contributed by atoms with Gasteiger partial charge >= 0.3 is 6.18 Å². The van der Waals surface area contributed by atoms with Crippen LogP contribution in [0.15, 0.2) is 54.2 Å². The predicted octanol–water partition coefficient (Wildman–Crippen LogP) is 4.91. The molecule has 0 bridgehead atoms. The number of halogens is 3. The SMILES string of the molecule is CN(C)c1ccc(/C=C(/NC(=O)C(C)(C)C)C(=O)Nc2cccc(C(F)(F)F)c2)cc1. The van der Waals surface area contributed by atoms with E-state index in [9.17, 15) is 22.8 Å². The van der Waals surface area contributed by atoms with Gasteiger partial charge in [0.15, 0.2) is 0 Å². The van der Waals surface area contributed by atoms with Crippen LogP contribution in [0.1, 0.15) is 31.9 Å². The van der Waals surface area contributed by atoms with Crippen LogP contribution < -0.4 is 15.5 Å². The minimum absolute atomic E-state index is 0.0290. The monoisotopic (exact) mass is 433 g/mol. The molecule has 0 aliphatic heterocycles. The van der Waals surface area contributed by atoms with Gasteiger partial charge in [0.1, 0.15) is 5.70 Å². The molecule has 0 saturated heterocycles. The molecule has 0 saturated carbocycles. The lowest BCUT2D eigenvalue weighted by Crippen LogP contribution is -2.38. The molecular weight excluding hydrogens is 407 g/mol. The van der Waals surface area contributed by atoms with Crippen LogP contribution in [0, 0.1) is 5.41 Å². The van der Waals surface area contributed by atoms with Crippen LogP contribution >= 0.6 is 0 Å². The minimum Gasteiger partial charge on any atom is -0.378 e. The fourth-order valence-electron chi connectivity index (χ4n) is 2.48. The number of nitrogens with one attached hydrogen (secondary N) is 2. The van der Waals surface area contributed by atoms with E-state index in [0.717, 1.165) is 17.8 Å². The summed E-state index contributed by atoms with van der Waals surface area (Å²) >= 11 is 0. The van der Waals surface area contributed by atoms with Gasteiger partial charge in [-0.3, -0.25) is 9.59 Å². The Morgan fingerprint density at radius 1 is 0.968 bits per heavy atom. The summed E-state index contributed by atoms with van der Waals surface area (Å²) in [6.45, 7) is 5.07. The van der Waals surface area contributed by atoms with E-state index in [2.05, 4.69) is 10.6 Å². The van der Waals surface area contributed by atoms with Gasteiger partial charge in [0.05, 0.1) is 5.56 Å². The van der Waals surface area contributed by atoms with E-state index >= 15 is 0 Å². The number of carbonyl (C=O) groups is 2. The summed E-state index contributed by atoms with van der Waals surface area (Å²) in [6, 6.07) is 11.6. The van der Waals surface area contributed by atoms with Crippen LogP contribution in [-0.2, 0) is 15.8 Å². The molecule has 166 valence electrons. The number of hydrogen-bond donors (Lipinski definition) is 2. The third-order valence-corrected chi connectivity index (χ3v) is 4.34. The summed E-state index contributed by atoms with van der Waals surface area (Å²) in [5.41, 5.74) is -0.160. The van der Waals surface area contributed by atoms with Crippen LogP contribution in [0.4, 0.5) is 24.5 Å². The lowest BCUT2D eigenvalue weighted by atomic mass is 9.95. The van der Waals surface area contributed by atoms with Crippen molar-refractivity contribution in [2.45, 2.75) is 26.9 Å². The van der Waals surface area contributed by atoms with Crippen molar-refractivity contribution in [1.29, 1.82) is 0 Å². The molecule has 5 nitrogen and oxygen atoms in total. The molecule has 0 aliphatic carbocycles. The van der Waals surface area contributed by atoms with Crippen molar-refractivity contribution >= 4 is 29.3 Å². The molecule has 0 heterocycles. The maximum atomic E-state index is 13.0. The van der Waals surface area contributed by atoms with Crippen molar-refractivity contribution in [2.24, 2.45) is 5.41 Å². The van der Waals surface area contributed by atoms with Gasteiger partial charge in [-0.2, -0.15) is 13.2 Å². The zero-order valence-corrected chi connectivity index (χ0v) is 18.1. The highest BCUT2D eigenvalue weighted by atomic mass is 19.4. The second-order valence-corrected chi connectivity index (χ2v) is 8.28. The van der Waals surface area contributed by atoms with Crippen LogP contribution in [0.5, 0.6) is 0 Å². The van der Waals surface area contributed by atoms with E-state index in [1.807, 2.05) is 31.1 Å². The van der Waals surface area contributed by atoms with Gasteiger partial charge < -0.3 is 15.5 Å². The van der Waals surface area contributed by atoms with Gasteiger partial charge in [0, 0.05) is 30.9 Å². The molecule has 2 N–H and O–H groups in total. The first-order valence-electron chi connectivity index (χ1n) is 9.56. The standard InChI is InChI=1S/C23H26F3N3O2/c1-22(2,3)21(31)28-19(13-15-9-11-18(12-10-15)29(4)5)20(30)27-17-8-6-7-16(14-17)23(24,25)26/h6-14H,1-5H3,(H,27,30)(H,28,31)/b19-13+. The lowest BCUT2D eigenvalue weighted by molar-refractivity contribution is -0.137. The van der Waals surface area contributed by atoms with E-state index in [-0.39, 0.29) is 11.4 Å². The third-order valence-electron chi connectivity index (χ3n) is 4.34. The zero-order valence-electron chi connectivity index (χ0n) is 18.1. The molecule has 0 spiro atoms. The van der Waals surface area contributed by atoms with Gasteiger partial charge in [-0.1, -0.05) is 39.0 Å². The van der Waals surface area contributed by atoms with Crippen LogP contribution in [0.2, 0.25) is 0 Å². The molecule has 0 atom stereocenters. The fourth-order valence-corrected chi connectivity index (χ4v) is 2.48. The molecule has 2 amide bonds. The molecule has 0 fully saturated rings. The number of amides is 2. The van der Waals surface area contributed by atoms with Crippen molar-refractivity contribution < 1.29 is 22.8 Å². The molecule has 2 aromatic carbocycles. The molecule has 8 heteroatoms. The van der Waals surface area contributed by atoms with Crippen molar-refractivity contribution in [3.63, 3.8) is 0 Å². The van der Waals surface area contributed by atoms with E-state index in [1.54, 1.807) is 32.9 Å². The predicted molar refractivity (Wildman–Crippen MR) is 116 cm³/mol. The van der Waals surface area contributed by atoms with Crippen molar-refractivity contribution in [1.82, 2.24) is 5.32 Å². The Hall–Kier alpha value is -3.29. The summed E-state index contributed by atoms with van der Waals surface area (Å²) in [5, 5.41) is 5.02. The Bertz CT molecular complexity index is 973. The second-order valence-electron chi connectivity index (χ2n) is 8.28. The van der Waals surface area contributed by atoms with Gasteiger partial charge in [-0.05, 0) is 42.0 Å². The van der Waals surface area contributed by atoms with E-state index in [4.69, 9.17) is 0 Å². The molecule has 0 aromatic heterocycles. The molecule has 2 aromatic rings. The first-order valence-corrected chi connectivity index (χ1v) is 9.56. The molecule has 0 radical (unpaired) electrons. The number of nitrogens with zero attached hydrogens (tertiary/aromatic N) is 1. The Morgan fingerprint density at radius 2 is 1.58 bits per heavy atom. The molecule has 2 rings (SSSR count). The minimum atomic E-state index is -4.53. The number of benzene rings is 2. The smallest absolute Gasteiger partial charge is 0.378 e. The lowest BCUT2D eigenvalue weighted by Gasteiger charge is -2.19. The number of anilines is 2. The van der Waals surface area contributed by atoms with E-state index < -0.39 is 29.0 Å². The van der Waals surface area contributed by atoms with Gasteiger partial charge in [0.25, 0.3) is 5.91 Å². The summed E-state index contributed by atoms with van der Waals surface area (Å²) in [5.74, 6) is -1.13. The third kappa shape index (κ3) is 6.87. The molecular formula is C23H26F3N3O2. The maximum Gasteiger partial charge on any atom is 0.416 e. The van der Waals surface area contributed by atoms with Crippen LogP contribution in [0.25, 0.3) is 6.08 Å². The van der Waals surface area contributed by atoms with E-state index in [0.29, 0.717) is 5.56 Å². The molecule has 31 heavy (non-hydrogen) atoms. The quantitative estimate of drug-likeness (QED) is 0.659. The number of hydrogen-bond acceptors (Lipinski definition) is 3. The normalized spacial score (nSPS) is 12.3.